The van der Waals surface area contributed by atoms with Gasteiger partial charge in [-0.2, -0.15) is 0 Å². The average molecular weight is 253 g/mol. The van der Waals surface area contributed by atoms with E-state index in [1.807, 2.05) is 0 Å². The van der Waals surface area contributed by atoms with Crippen molar-refractivity contribution in [2.75, 3.05) is 0 Å². The van der Waals surface area contributed by atoms with Crippen LogP contribution in [-0.2, 0) is 0 Å². The Labute approximate surface area is 84.5 Å². The summed E-state index contributed by atoms with van der Waals surface area (Å²) in [4.78, 5) is 0. The molecule has 60 valence electrons. The van der Waals surface area contributed by atoms with Crippen molar-refractivity contribution in [2.45, 2.75) is 51.1 Å². The summed E-state index contributed by atoms with van der Waals surface area (Å²) in [5, 5.41) is 0. The van der Waals surface area contributed by atoms with Gasteiger partial charge in [0.05, 0.1) is 0 Å². The maximum absolute atomic E-state index is 2.73. The van der Waals surface area contributed by atoms with Gasteiger partial charge in [-0.15, -0.1) is 0 Å². The van der Waals surface area contributed by atoms with E-state index < -0.39 is 0 Å². The van der Waals surface area contributed by atoms with E-state index in [9.17, 15) is 0 Å². The van der Waals surface area contributed by atoms with E-state index in [1.165, 1.54) is 56.8 Å². The van der Waals surface area contributed by atoms with E-state index in [-0.39, 0.29) is 0 Å². The Balaban J connectivity index is 2.05. The second-order valence-electron chi connectivity index (χ2n) is 4.14. The van der Waals surface area contributed by atoms with E-state index in [4.69, 9.17) is 0 Å². The average Bonchev–Trinajstić information content (AvgIpc) is 2.30. The number of nitrogens with zero attached hydrogens (tertiary/aromatic N) is 1. The molecule has 2 fully saturated rings. The van der Waals surface area contributed by atoms with Gasteiger partial charge in [0.15, 0.2) is 0 Å². The van der Waals surface area contributed by atoms with Crippen LogP contribution < -0.4 is 0 Å². The molecule has 11 heavy (non-hydrogen) atoms. The minimum absolute atomic E-state index is 0.908. The predicted molar refractivity (Wildman–Crippen MR) is 47.4 cm³/mol. The summed E-state index contributed by atoms with van der Waals surface area (Å²) in [6.45, 7) is 2.41. The van der Waals surface area contributed by atoms with E-state index in [2.05, 4.69) is 9.81 Å². The van der Waals surface area contributed by atoms with E-state index >= 15 is 0 Å². The van der Waals surface area contributed by atoms with Gasteiger partial charge in [0.1, 0.15) is 0 Å². The van der Waals surface area contributed by atoms with Crippen LogP contribution >= 0.6 is 0 Å². The van der Waals surface area contributed by atoms with Gasteiger partial charge in [0.2, 0.25) is 0 Å². The molecule has 2 heteroatoms. The summed E-state index contributed by atoms with van der Waals surface area (Å²) in [6, 6.07) is 1.91. The van der Waals surface area contributed by atoms with Crippen LogP contribution in [0.25, 0.3) is 0 Å². The molecule has 1 aliphatic carbocycles. The molecule has 0 bridgehead atoms. The molecular weight excluding hydrogens is 237 g/mol. The summed E-state index contributed by atoms with van der Waals surface area (Å²) in [6.07, 6.45) is 7.50. The van der Waals surface area contributed by atoms with Crippen LogP contribution in [-0.4, -0.2) is 39.6 Å². The first-order chi connectivity index (χ1) is 5.29. The van der Waals surface area contributed by atoms with Crippen LogP contribution in [0.2, 0.25) is 0 Å². The molecule has 1 aliphatic heterocycles. The zero-order valence-electron chi connectivity index (χ0n) is 7.29. The van der Waals surface area contributed by atoms with Gasteiger partial charge in [-0.05, 0) is 0 Å². The fourth-order valence-electron chi connectivity index (χ4n) is 2.74. The summed E-state index contributed by atoms with van der Waals surface area (Å²) in [7, 11) is 0. The number of hydrogen-bond acceptors (Lipinski definition) is 1. The first-order valence-electron chi connectivity index (χ1n) is 4.82. The van der Waals surface area contributed by atoms with Crippen molar-refractivity contribution in [3.05, 3.63) is 0 Å². The van der Waals surface area contributed by atoms with Crippen molar-refractivity contribution in [1.82, 2.24) is 2.89 Å². The fourth-order valence-corrected chi connectivity index (χ4v) is 4.21. The molecule has 0 amide bonds. The Morgan fingerprint density at radius 2 is 2.00 bits per heavy atom. The second kappa shape index (κ2) is 3.29. The third-order valence-electron chi connectivity index (χ3n) is 3.40. The monoisotopic (exact) mass is 253 g/mol. The van der Waals surface area contributed by atoms with Crippen molar-refractivity contribution in [2.24, 2.45) is 5.92 Å². The first-order valence-corrected chi connectivity index (χ1v) is 6.29. The summed E-state index contributed by atoms with van der Waals surface area (Å²) >= 11 is 1.35. The Kier molecular flexibility index (Phi) is 2.52. The maximum atomic E-state index is 2.73. The Morgan fingerprint density at radius 3 is 2.73 bits per heavy atom. The van der Waals surface area contributed by atoms with Crippen molar-refractivity contribution in [3.63, 3.8) is 0 Å². The van der Waals surface area contributed by atoms with Crippen LogP contribution in [0.5, 0.6) is 0 Å². The molecule has 1 saturated carbocycles. The van der Waals surface area contributed by atoms with Gasteiger partial charge in [0.25, 0.3) is 0 Å². The van der Waals surface area contributed by atoms with Gasteiger partial charge < -0.3 is 0 Å². The van der Waals surface area contributed by atoms with Gasteiger partial charge in [-0.3, -0.25) is 0 Å². The van der Waals surface area contributed by atoms with Crippen LogP contribution in [0, 0.1) is 5.92 Å². The quantitative estimate of drug-likeness (QED) is 0.635. The van der Waals surface area contributed by atoms with Gasteiger partial charge >= 0.3 is 84.6 Å². The molecule has 1 saturated heterocycles. The van der Waals surface area contributed by atoms with E-state index in [0.717, 1.165) is 18.0 Å². The normalized spacial score (nSPS) is 45.7. The third kappa shape index (κ3) is 1.49. The number of rotatable bonds is 0. The SMILES string of the molecule is CC1CC2CCCCC2[N]1[In]. The van der Waals surface area contributed by atoms with Crippen LogP contribution in [0.3, 0.4) is 0 Å². The summed E-state index contributed by atoms with van der Waals surface area (Å²) in [5.41, 5.74) is 0. The van der Waals surface area contributed by atoms with E-state index in [0.29, 0.717) is 0 Å². The molecule has 2 radical (unpaired) electrons. The molecule has 0 aromatic carbocycles. The topological polar surface area (TPSA) is 3.24 Å². The molecule has 1 heterocycles. The van der Waals surface area contributed by atoms with E-state index in [1.54, 1.807) is 0 Å². The van der Waals surface area contributed by atoms with Crippen LogP contribution in [0.15, 0.2) is 0 Å². The fraction of sp³-hybridized carbons (Fsp3) is 1.00. The van der Waals surface area contributed by atoms with Crippen molar-refractivity contribution < 1.29 is 0 Å². The Bertz CT molecular complexity index is 148. The molecule has 0 spiro atoms. The Hall–Kier alpha value is 0.830. The Morgan fingerprint density at radius 1 is 1.27 bits per heavy atom. The molecule has 2 rings (SSSR count). The van der Waals surface area contributed by atoms with Crippen molar-refractivity contribution in [3.8, 4) is 0 Å². The van der Waals surface area contributed by atoms with Crippen molar-refractivity contribution >= 4 is 24.7 Å². The van der Waals surface area contributed by atoms with Crippen LogP contribution in [0.4, 0.5) is 0 Å². The number of fused-ring (bicyclic) bond motifs is 1. The predicted octanol–water partition coefficient (Wildman–Crippen LogP) is 1.72. The zero-order chi connectivity index (χ0) is 7.84. The molecule has 0 N–H and O–H groups in total. The van der Waals surface area contributed by atoms with Crippen molar-refractivity contribution in [1.29, 1.82) is 0 Å². The number of hydrogen-bond donors (Lipinski definition) is 0. The van der Waals surface area contributed by atoms with Crippen LogP contribution in [0.1, 0.15) is 39.0 Å². The van der Waals surface area contributed by atoms with Gasteiger partial charge in [-0.25, -0.2) is 0 Å². The van der Waals surface area contributed by atoms with Gasteiger partial charge in [0, 0.05) is 0 Å². The standard InChI is InChI=1S/C9H16N.In/c1-7-6-8-4-2-3-5-9(8)10-7;/h7-9H,2-6H2,1H3;/q-1;+1. The van der Waals surface area contributed by atoms with Gasteiger partial charge in [-0.1, -0.05) is 0 Å². The minimum atomic E-state index is 0.908. The zero-order valence-corrected chi connectivity index (χ0v) is 10.6. The molecule has 0 aromatic heterocycles. The molecule has 3 atom stereocenters. The summed E-state index contributed by atoms with van der Waals surface area (Å²) in [5.74, 6) is 1.08. The molecule has 1 nitrogen and oxygen atoms in total. The first kappa shape index (κ1) is 8.43. The molecule has 3 unspecified atom stereocenters. The third-order valence-corrected chi connectivity index (χ3v) is 5.95. The summed E-state index contributed by atoms with van der Waals surface area (Å²) < 4.78 is 2.73. The molecular formula is C9H16InN. The molecule has 2 aliphatic rings. The second-order valence-corrected chi connectivity index (χ2v) is 5.85. The molecule has 0 aromatic rings.